The molecule has 102 valence electrons. The maximum atomic E-state index is 13.6. The first-order valence-electron chi connectivity index (χ1n) is 5.64. The maximum Gasteiger partial charge on any atom is 0.338 e. The molecule has 0 aliphatic rings. The van der Waals surface area contributed by atoms with Crippen molar-refractivity contribution in [1.82, 2.24) is 9.97 Å². The van der Waals surface area contributed by atoms with Crippen molar-refractivity contribution < 1.29 is 14.3 Å². The smallest absolute Gasteiger partial charge is 0.338 e. The third-order valence-electron chi connectivity index (χ3n) is 2.89. The van der Waals surface area contributed by atoms with Crippen LogP contribution in [0.2, 0.25) is 0 Å². The molecule has 0 spiro atoms. The number of benzene rings is 1. The molecule has 0 saturated carbocycles. The number of nitrogens with zero attached hydrogens (tertiary/aromatic N) is 1. The highest BCUT2D eigenvalue weighted by molar-refractivity contribution is 9.11. The van der Waals surface area contributed by atoms with E-state index in [9.17, 15) is 9.18 Å². The van der Waals surface area contributed by atoms with E-state index in [0.717, 1.165) is 20.3 Å². The number of halogens is 2. The minimum absolute atomic E-state index is 0.376. The number of hydrogen-bond donors (Lipinski definition) is 2. The molecule has 0 saturated heterocycles. The number of H-pyrrole nitrogens is 1. The van der Waals surface area contributed by atoms with E-state index in [1.165, 1.54) is 17.4 Å². The lowest BCUT2D eigenvalue weighted by molar-refractivity contribution is 0.0692. The molecule has 0 bridgehead atoms. The standard InChI is InChI=1S/C13H8BrFN2O2S/c1-5-2-10(20-11(5)14)12-16-8-3-6(13(18)19)7(15)4-9(8)17-12/h2-4H,1H3,(H,16,17)(H,18,19). The van der Waals surface area contributed by atoms with E-state index >= 15 is 0 Å². The van der Waals surface area contributed by atoms with Gasteiger partial charge in [-0.05, 0) is 40.5 Å². The van der Waals surface area contributed by atoms with Crippen molar-refractivity contribution in [2.45, 2.75) is 6.92 Å². The van der Waals surface area contributed by atoms with Gasteiger partial charge in [0.25, 0.3) is 0 Å². The molecular formula is C13H8BrFN2O2S. The summed E-state index contributed by atoms with van der Waals surface area (Å²) < 4.78 is 14.6. The predicted octanol–water partition coefficient (Wildman–Crippen LogP) is 4.20. The van der Waals surface area contributed by atoms with Gasteiger partial charge in [-0.3, -0.25) is 0 Å². The molecule has 20 heavy (non-hydrogen) atoms. The molecule has 0 fully saturated rings. The molecule has 3 rings (SSSR count). The number of nitrogens with one attached hydrogen (secondary N) is 1. The summed E-state index contributed by atoms with van der Waals surface area (Å²) in [5.41, 5.74) is 1.62. The molecule has 0 aliphatic carbocycles. The first kappa shape index (κ1) is 13.3. The van der Waals surface area contributed by atoms with Gasteiger partial charge in [0.2, 0.25) is 0 Å². The van der Waals surface area contributed by atoms with Crippen molar-refractivity contribution in [2.24, 2.45) is 0 Å². The first-order valence-corrected chi connectivity index (χ1v) is 7.25. The van der Waals surface area contributed by atoms with Gasteiger partial charge in [0.15, 0.2) is 0 Å². The summed E-state index contributed by atoms with van der Waals surface area (Å²) in [7, 11) is 0. The van der Waals surface area contributed by atoms with Gasteiger partial charge in [0, 0.05) is 6.07 Å². The van der Waals surface area contributed by atoms with Gasteiger partial charge >= 0.3 is 5.97 Å². The third kappa shape index (κ3) is 2.12. The molecule has 2 heterocycles. The molecule has 1 aromatic carbocycles. The second kappa shape index (κ2) is 4.68. The van der Waals surface area contributed by atoms with E-state index < -0.39 is 11.8 Å². The Kier molecular flexibility index (Phi) is 3.10. The highest BCUT2D eigenvalue weighted by Gasteiger charge is 2.15. The van der Waals surface area contributed by atoms with Crippen molar-refractivity contribution in [3.05, 3.63) is 38.9 Å². The van der Waals surface area contributed by atoms with Crippen molar-refractivity contribution in [3.63, 3.8) is 0 Å². The molecule has 0 amide bonds. The van der Waals surface area contributed by atoms with Gasteiger partial charge in [0.05, 0.1) is 25.3 Å². The molecule has 2 aromatic heterocycles. The SMILES string of the molecule is Cc1cc(-c2nc3cc(C(=O)O)c(F)cc3[nH]2)sc1Br. The summed E-state index contributed by atoms with van der Waals surface area (Å²) >= 11 is 4.95. The third-order valence-corrected chi connectivity index (χ3v) is 5.04. The Balaban J connectivity index is 2.17. The minimum atomic E-state index is -1.30. The Labute approximate surface area is 125 Å². The highest BCUT2D eigenvalue weighted by Crippen LogP contribution is 2.34. The molecule has 0 radical (unpaired) electrons. The number of aryl methyl sites for hydroxylation is 1. The Bertz CT molecular complexity index is 821. The normalized spacial score (nSPS) is 11.2. The van der Waals surface area contributed by atoms with E-state index in [-0.39, 0.29) is 5.56 Å². The molecule has 0 aliphatic heterocycles. The summed E-state index contributed by atoms with van der Waals surface area (Å²) in [6, 6.07) is 4.36. The van der Waals surface area contributed by atoms with Gasteiger partial charge in [-0.25, -0.2) is 14.2 Å². The Morgan fingerprint density at radius 2 is 2.20 bits per heavy atom. The van der Waals surface area contributed by atoms with Crippen molar-refractivity contribution in [1.29, 1.82) is 0 Å². The summed E-state index contributed by atoms with van der Waals surface area (Å²) in [6.07, 6.45) is 0. The van der Waals surface area contributed by atoms with Crippen LogP contribution in [-0.2, 0) is 0 Å². The molecule has 2 N–H and O–H groups in total. The zero-order valence-electron chi connectivity index (χ0n) is 10.2. The number of carboxylic acid groups (broad SMARTS) is 1. The monoisotopic (exact) mass is 354 g/mol. The number of thiophene rings is 1. The largest absolute Gasteiger partial charge is 0.478 e. The average molecular weight is 355 g/mol. The molecule has 0 atom stereocenters. The molecular weight excluding hydrogens is 347 g/mol. The maximum absolute atomic E-state index is 13.6. The molecule has 3 aromatic rings. The van der Waals surface area contributed by atoms with E-state index in [0.29, 0.717) is 16.9 Å². The lowest BCUT2D eigenvalue weighted by Crippen LogP contribution is -1.99. The van der Waals surface area contributed by atoms with E-state index in [2.05, 4.69) is 25.9 Å². The predicted molar refractivity (Wildman–Crippen MR) is 78.8 cm³/mol. The topological polar surface area (TPSA) is 66.0 Å². The summed E-state index contributed by atoms with van der Waals surface area (Å²) in [4.78, 5) is 19.1. The number of aromatic nitrogens is 2. The second-order valence-electron chi connectivity index (χ2n) is 4.31. The van der Waals surface area contributed by atoms with Crippen LogP contribution in [0.4, 0.5) is 4.39 Å². The van der Waals surface area contributed by atoms with E-state index in [1.807, 2.05) is 13.0 Å². The fraction of sp³-hybridized carbons (Fsp3) is 0.0769. The van der Waals surface area contributed by atoms with Crippen LogP contribution in [0.1, 0.15) is 15.9 Å². The number of aromatic carboxylic acids is 1. The summed E-state index contributed by atoms with van der Waals surface area (Å²) in [6.45, 7) is 1.97. The van der Waals surface area contributed by atoms with Crippen LogP contribution in [-0.4, -0.2) is 21.0 Å². The Morgan fingerprint density at radius 1 is 1.45 bits per heavy atom. The van der Waals surface area contributed by atoms with Gasteiger partial charge in [-0.15, -0.1) is 11.3 Å². The van der Waals surface area contributed by atoms with Gasteiger partial charge < -0.3 is 10.1 Å². The summed E-state index contributed by atoms with van der Waals surface area (Å²) in [5, 5.41) is 8.91. The Hall–Kier alpha value is -1.73. The number of carboxylic acids is 1. The number of fused-ring (bicyclic) bond motifs is 1. The average Bonchev–Trinajstić information content (AvgIpc) is 2.92. The number of hydrogen-bond acceptors (Lipinski definition) is 3. The number of rotatable bonds is 2. The van der Waals surface area contributed by atoms with Crippen LogP contribution in [0.15, 0.2) is 22.0 Å². The van der Waals surface area contributed by atoms with Crippen LogP contribution in [0.25, 0.3) is 21.7 Å². The van der Waals surface area contributed by atoms with Gasteiger partial charge in [-0.2, -0.15) is 0 Å². The van der Waals surface area contributed by atoms with Crippen LogP contribution < -0.4 is 0 Å². The van der Waals surface area contributed by atoms with Gasteiger partial charge in [0.1, 0.15) is 11.6 Å². The highest BCUT2D eigenvalue weighted by atomic mass is 79.9. The number of carbonyl (C=O) groups is 1. The van der Waals surface area contributed by atoms with E-state index in [4.69, 9.17) is 5.11 Å². The number of imidazole rings is 1. The molecule has 4 nitrogen and oxygen atoms in total. The van der Waals surface area contributed by atoms with Crippen molar-refractivity contribution in [3.8, 4) is 10.7 Å². The minimum Gasteiger partial charge on any atom is -0.478 e. The fourth-order valence-corrected chi connectivity index (χ4v) is 3.37. The van der Waals surface area contributed by atoms with Crippen LogP contribution in [0, 0.1) is 12.7 Å². The molecule has 7 heteroatoms. The van der Waals surface area contributed by atoms with Crippen molar-refractivity contribution in [2.75, 3.05) is 0 Å². The second-order valence-corrected chi connectivity index (χ2v) is 6.68. The molecule has 0 unspecified atom stereocenters. The zero-order chi connectivity index (χ0) is 14.4. The van der Waals surface area contributed by atoms with Crippen molar-refractivity contribution >= 4 is 44.3 Å². The van der Waals surface area contributed by atoms with Gasteiger partial charge in [-0.1, -0.05) is 0 Å². The Morgan fingerprint density at radius 3 is 2.80 bits per heavy atom. The summed E-state index contributed by atoms with van der Waals surface area (Å²) in [5.74, 6) is -1.48. The zero-order valence-corrected chi connectivity index (χ0v) is 12.6. The fourth-order valence-electron chi connectivity index (χ4n) is 1.89. The first-order chi connectivity index (χ1) is 9.45. The number of aromatic amines is 1. The van der Waals surface area contributed by atoms with Crippen LogP contribution in [0.5, 0.6) is 0 Å². The lowest BCUT2D eigenvalue weighted by Gasteiger charge is -1.95. The van der Waals surface area contributed by atoms with Crippen LogP contribution >= 0.6 is 27.3 Å². The van der Waals surface area contributed by atoms with E-state index in [1.54, 1.807) is 0 Å². The van der Waals surface area contributed by atoms with Crippen LogP contribution in [0.3, 0.4) is 0 Å². The lowest BCUT2D eigenvalue weighted by atomic mass is 10.2. The quantitative estimate of drug-likeness (QED) is 0.724.